The fourth-order valence-electron chi connectivity index (χ4n) is 2.25. The van der Waals surface area contributed by atoms with E-state index in [0.29, 0.717) is 16.5 Å². The smallest absolute Gasteiger partial charge is 0.124 e. The molecule has 2 aromatic rings. The molecule has 0 aliphatic heterocycles. The summed E-state index contributed by atoms with van der Waals surface area (Å²) in [6.45, 7) is 2.81. The third-order valence-corrected chi connectivity index (χ3v) is 4.65. The first-order chi connectivity index (χ1) is 10.0. The van der Waals surface area contributed by atoms with E-state index in [2.05, 4.69) is 21.2 Å². The van der Waals surface area contributed by atoms with Gasteiger partial charge in [0.2, 0.25) is 0 Å². The molecule has 0 aliphatic rings. The molecular formula is C16H15BrCl2FN. The van der Waals surface area contributed by atoms with Crippen LogP contribution in [0.4, 0.5) is 4.39 Å². The van der Waals surface area contributed by atoms with E-state index in [0.717, 1.165) is 22.1 Å². The van der Waals surface area contributed by atoms with E-state index in [4.69, 9.17) is 23.2 Å². The molecule has 0 radical (unpaired) electrons. The minimum Gasteiger partial charge on any atom is -0.310 e. The maximum Gasteiger partial charge on any atom is 0.124 e. The summed E-state index contributed by atoms with van der Waals surface area (Å²) in [6.07, 6.45) is 0.635. The number of rotatable bonds is 5. The Bertz CT molecular complexity index is 613. The fourth-order valence-corrected chi connectivity index (χ4v) is 3.43. The van der Waals surface area contributed by atoms with Crippen LogP contribution in [-0.2, 0) is 6.42 Å². The Hall–Kier alpha value is -0.610. The molecule has 5 heteroatoms. The highest BCUT2D eigenvalue weighted by Crippen LogP contribution is 2.32. The normalized spacial score (nSPS) is 12.4. The number of halogens is 4. The van der Waals surface area contributed by atoms with E-state index in [1.54, 1.807) is 6.07 Å². The van der Waals surface area contributed by atoms with Crippen LogP contribution in [-0.4, -0.2) is 6.54 Å². The number of benzene rings is 2. The van der Waals surface area contributed by atoms with Crippen molar-refractivity contribution in [2.24, 2.45) is 0 Å². The molecule has 1 nitrogen and oxygen atoms in total. The van der Waals surface area contributed by atoms with Gasteiger partial charge in [0.05, 0.1) is 0 Å². The first kappa shape index (κ1) is 16.8. The van der Waals surface area contributed by atoms with Crippen molar-refractivity contribution in [1.29, 1.82) is 0 Å². The molecule has 0 bridgehead atoms. The van der Waals surface area contributed by atoms with Gasteiger partial charge in [0.15, 0.2) is 0 Å². The fraction of sp³-hybridized carbons (Fsp3) is 0.250. The van der Waals surface area contributed by atoms with Gasteiger partial charge in [-0.05, 0) is 48.4 Å². The van der Waals surface area contributed by atoms with E-state index in [1.165, 1.54) is 12.1 Å². The van der Waals surface area contributed by atoms with Gasteiger partial charge < -0.3 is 5.32 Å². The van der Waals surface area contributed by atoms with E-state index in [-0.39, 0.29) is 11.9 Å². The minimum absolute atomic E-state index is 0.00220. The van der Waals surface area contributed by atoms with E-state index in [1.807, 2.05) is 25.1 Å². The van der Waals surface area contributed by atoms with Crippen LogP contribution in [0.15, 0.2) is 40.9 Å². The number of nitrogens with one attached hydrogen (secondary N) is 1. The Kier molecular flexibility index (Phi) is 6.06. The molecular weight excluding hydrogens is 376 g/mol. The molecule has 0 heterocycles. The van der Waals surface area contributed by atoms with Gasteiger partial charge in [0.25, 0.3) is 0 Å². The summed E-state index contributed by atoms with van der Waals surface area (Å²) in [5, 5.41) is 4.68. The summed E-state index contributed by atoms with van der Waals surface area (Å²) < 4.78 is 14.0. The van der Waals surface area contributed by atoms with Gasteiger partial charge >= 0.3 is 0 Å². The second-order valence-electron chi connectivity index (χ2n) is 4.68. The molecule has 112 valence electrons. The third kappa shape index (κ3) is 4.19. The van der Waals surface area contributed by atoms with Crippen molar-refractivity contribution < 1.29 is 4.39 Å². The topological polar surface area (TPSA) is 12.0 Å². The highest BCUT2D eigenvalue weighted by Gasteiger charge is 2.17. The molecule has 0 fully saturated rings. The van der Waals surface area contributed by atoms with E-state index >= 15 is 0 Å². The van der Waals surface area contributed by atoms with E-state index < -0.39 is 0 Å². The Morgan fingerprint density at radius 3 is 2.43 bits per heavy atom. The van der Waals surface area contributed by atoms with Crippen molar-refractivity contribution in [1.82, 2.24) is 5.32 Å². The summed E-state index contributed by atoms with van der Waals surface area (Å²) in [4.78, 5) is 0. The van der Waals surface area contributed by atoms with Crippen molar-refractivity contribution in [3.8, 4) is 0 Å². The second-order valence-corrected chi connectivity index (χ2v) is 6.35. The average Bonchev–Trinajstić information content (AvgIpc) is 2.42. The Labute approximate surface area is 142 Å². The summed E-state index contributed by atoms with van der Waals surface area (Å²) in [6, 6.07) is 10.2. The van der Waals surface area contributed by atoms with Crippen molar-refractivity contribution in [3.05, 3.63) is 67.9 Å². The number of hydrogen-bond donors (Lipinski definition) is 1. The quantitative estimate of drug-likeness (QED) is 0.681. The van der Waals surface area contributed by atoms with Crippen LogP contribution < -0.4 is 5.32 Å². The number of likely N-dealkylation sites (N-methyl/N-ethyl adjacent to an activating group) is 1. The molecule has 2 rings (SSSR count). The van der Waals surface area contributed by atoms with Gasteiger partial charge in [-0.3, -0.25) is 0 Å². The molecule has 0 saturated heterocycles. The lowest BCUT2D eigenvalue weighted by molar-refractivity contribution is 0.545. The zero-order valence-corrected chi connectivity index (χ0v) is 14.6. The summed E-state index contributed by atoms with van der Waals surface area (Å²) >= 11 is 15.9. The van der Waals surface area contributed by atoms with Gasteiger partial charge in [-0.15, -0.1) is 0 Å². The lowest BCUT2D eigenvalue weighted by Gasteiger charge is -2.21. The monoisotopic (exact) mass is 389 g/mol. The zero-order chi connectivity index (χ0) is 15.4. The largest absolute Gasteiger partial charge is 0.310 e. The van der Waals surface area contributed by atoms with Crippen LogP contribution in [0.2, 0.25) is 10.0 Å². The Morgan fingerprint density at radius 2 is 1.86 bits per heavy atom. The molecule has 0 saturated carbocycles. The summed E-state index contributed by atoms with van der Waals surface area (Å²) in [5.74, 6) is -0.267. The van der Waals surface area contributed by atoms with Crippen LogP contribution in [0.5, 0.6) is 0 Å². The van der Waals surface area contributed by atoms with Gasteiger partial charge in [-0.25, -0.2) is 4.39 Å². The second kappa shape index (κ2) is 7.59. The molecule has 1 unspecified atom stereocenters. The lowest BCUT2D eigenvalue weighted by Crippen LogP contribution is -2.23. The first-order valence-corrected chi connectivity index (χ1v) is 8.19. The van der Waals surface area contributed by atoms with Crippen molar-refractivity contribution in [2.75, 3.05) is 6.54 Å². The van der Waals surface area contributed by atoms with Gasteiger partial charge in [0, 0.05) is 20.6 Å². The van der Waals surface area contributed by atoms with Gasteiger partial charge in [-0.1, -0.05) is 58.2 Å². The standard InChI is InChI=1S/C16H15BrCl2FN/c1-2-21-16(11-7-6-10(20)8-13(11)17)9-12-14(18)4-3-5-15(12)19/h3-8,16,21H,2,9H2,1H3. The Morgan fingerprint density at radius 1 is 1.19 bits per heavy atom. The molecule has 0 aromatic heterocycles. The zero-order valence-electron chi connectivity index (χ0n) is 11.5. The van der Waals surface area contributed by atoms with Gasteiger partial charge in [0.1, 0.15) is 5.82 Å². The van der Waals surface area contributed by atoms with Crippen LogP contribution in [0.25, 0.3) is 0 Å². The highest BCUT2D eigenvalue weighted by atomic mass is 79.9. The van der Waals surface area contributed by atoms with Crippen LogP contribution in [0.1, 0.15) is 24.1 Å². The number of hydrogen-bond acceptors (Lipinski definition) is 1. The predicted molar refractivity (Wildman–Crippen MR) is 90.7 cm³/mol. The lowest BCUT2D eigenvalue weighted by atomic mass is 9.98. The molecule has 1 N–H and O–H groups in total. The van der Waals surface area contributed by atoms with Crippen LogP contribution in [0.3, 0.4) is 0 Å². The van der Waals surface area contributed by atoms with Crippen LogP contribution >= 0.6 is 39.1 Å². The molecule has 2 aromatic carbocycles. The van der Waals surface area contributed by atoms with Crippen molar-refractivity contribution >= 4 is 39.1 Å². The molecule has 0 amide bonds. The predicted octanol–water partition coefficient (Wildman–Crippen LogP) is 5.79. The van der Waals surface area contributed by atoms with Crippen molar-refractivity contribution in [2.45, 2.75) is 19.4 Å². The van der Waals surface area contributed by atoms with Crippen molar-refractivity contribution in [3.63, 3.8) is 0 Å². The summed E-state index contributed by atoms with van der Waals surface area (Å²) in [7, 11) is 0. The van der Waals surface area contributed by atoms with E-state index in [9.17, 15) is 4.39 Å². The Balaban J connectivity index is 2.35. The summed E-state index contributed by atoms with van der Waals surface area (Å²) in [5.41, 5.74) is 1.87. The molecule has 0 spiro atoms. The minimum atomic E-state index is -0.267. The van der Waals surface area contributed by atoms with Gasteiger partial charge in [-0.2, -0.15) is 0 Å². The average molecular weight is 391 g/mol. The third-order valence-electron chi connectivity index (χ3n) is 3.26. The highest BCUT2D eigenvalue weighted by molar-refractivity contribution is 9.10. The maximum atomic E-state index is 13.3. The molecule has 21 heavy (non-hydrogen) atoms. The maximum absolute atomic E-state index is 13.3. The molecule has 0 aliphatic carbocycles. The molecule has 1 atom stereocenters. The SMILES string of the molecule is CCNC(Cc1c(Cl)cccc1Cl)c1ccc(F)cc1Br. The van der Waals surface area contributed by atoms with Crippen LogP contribution in [0, 0.1) is 5.82 Å². The first-order valence-electron chi connectivity index (χ1n) is 6.64.